The number of allylic oxidation sites excluding steroid dienone is 2. The monoisotopic (exact) mass is 358 g/mol. The molecule has 0 saturated carbocycles. The van der Waals surface area contributed by atoms with Crippen LogP contribution >= 0.6 is 0 Å². The Kier molecular flexibility index (Phi) is 3.98. The molecule has 0 fully saturated rings. The molecule has 0 N–H and O–H groups in total. The third-order valence-electron chi connectivity index (χ3n) is 5.56. The molecule has 0 spiro atoms. The lowest BCUT2D eigenvalue weighted by molar-refractivity contribution is 1.69. The predicted molar refractivity (Wildman–Crippen MR) is 126 cm³/mol. The standard InChI is InChI=1S/C28H22/c1-3-5-19-7-13-25-21(15-19)9-11-23-18-28-24(17-27(23)25)12-10-22-16-20(6-4-2)8-14-26(22)28/h3-18H,1-2H3. The van der Waals surface area contributed by atoms with Gasteiger partial charge in [0.25, 0.3) is 0 Å². The van der Waals surface area contributed by atoms with Crippen molar-refractivity contribution in [1.82, 2.24) is 0 Å². The fourth-order valence-electron chi connectivity index (χ4n) is 4.26. The summed E-state index contributed by atoms with van der Waals surface area (Å²) in [5.41, 5.74) is 2.50. The second kappa shape index (κ2) is 6.65. The van der Waals surface area contributed by atoms with Crippen LogP contribution in [0.3, 0.4) is 0 Å². The van der Waals surface area contributed by atoms with Gasteiger partial charge in [0.2, 0.25) is 0 Å². The maximum absolute atomic E-state index is 2.35. The SMILES string of the molecule is CC=Cc1ccc2c(ccc3cc4c(ccc5cc(C=CC)ccc54)cc32)c1. The second-order valence-electron chi connectivity index (χ2n) is 7.39. The number of rotatable bonds is 2. The van der Waals surface area contributed by atoms with Crippen LogP contribution in [0, 0.1) is 0 Å². The van der Waals surface area contributed by atoms with Crippen LogP contribution in [0.15, 0.2) is 84.9 Å². The summed E-state index contributed by atoms with van der Waals surface area (Å²) in [7, 11) is 0. The Morgan fingerprint density at radius 2 is 0.821 bits per heavy atom. The van der Waals surface area contributed by atoms with Gasteiger partial charge in [-0.2, -0.15) is 0 Å². The Bertz CT molecular complexity index is 1300. The molecule has 5 rings (SSSR count). The zero-order chi connectivity index (χ0) is 19.1. The van der Waals surface area contributed by atoms with Gasteiger partial charge in [-0.1, -0.05) is 72.8 Å². The summed E-state index contributed by atoms with van der Waals surface area (Å²) in [4.78, 5) is 0. The van der Waals surface area contributed by atoms with Gasteiger partial charge >= 0.3 is 0 Å². The van der Waals surface area contributed by atoms with Crippen LogP contribution < -0.4 is 0 Å². The number of fused-ring (bicyclic) bond motifs is 6. The fourth-order valence-corrected chi connectivity index (χ4v) is 4.26. The largest absolute Gasteiger partial charge is 0.0871 e. The summed E-state index contributed by atoms with van der Waals surface area (Å²) >= 11 is 0. The molecule has 0 bridgehead atoms. The third kappa shape index (κ3) is 2.70. The first-order chi connectivity index (χ1) is 13.8. The van der Waals surface area contributed by atoms with Crippen molar-refractivity contribution < 1.29 is 0 Å². The molecule has 0 atom stereocenters. The Labute approximate surface area is 165 Å². The first kappa shape index (κ1) is 16.8. The van der Waals surface area contributed by atoms with E-state index in [4.69, 9.17) is 0 Å². The van der Waals surface area contributed by atoms with E-state index in [2.05, 4.69) is 111 Å². The maximum Gasteiger partial charge on any atom is -0.00990 e. The molecule has 134 valence electrons. The fraction of sp³-hybridized carbons (Fsp3) is 0.0714. The Morgan fingerprint density at radius 1 is 0.429 bits per heavy atom. The molecule has 0 aliphatic rings. The normalized spacial score (nSPS) is 12.4. The average Bonchev–Trinajstić information content (AvgIpc) is 2.72. The van der Waals surface area contributed by atoms with E-state index in [9.17, 15) is 0 Å². The minimum atomic E-state index is 1.25. The zero-order valence-electron chi connectivity index (χ0n) is 16.2. The van der Waals surface area contributed by atoms with Crippen LogP contribution in [0.4, 0.5) is 0 Å². The molecular weight excluding hydrogens is 336 g/mol. The first-order valence-corrected chi connectivity index (χ1v) is 9.85. The molecule has 0 unspecified atom stereocenters. The quantitative estimate of drug-likeness (QED) is 0.220. The molecule has 0 nitrogen and oxygen atoms in total. The highest BCUT2D eigenvalue weighted by Crippen LogP contribution is 2.34. The van der Waals surface area contributed by atoms with E-state index in [-0.39, 0.29) is 0 Å². The highest BCUT2D eigenvalue weighted by atomic mass is 14.1. The van der Waals surface area contributed by atoms with Gasteiger partial charge in [0.05, 0.1) is 0 Å². The van der Waals surface area contributed by atoms with E-state index >= 15 is 0 Å². The van der Waals surface area contributed by atoms with Gasteiger partial charge in [0, 0.05) is 0 Å². The molecule has 0 amide bonds. The topological polar surface area (TPSA) is 0 Å². The van der Waals surface area contributed by atoms with E-state index in [1.807, 2.05) is 0 Å². The second-order valence-corrected chi connectivity index (χ2v) is 7.39. The lowest BCUT2D eigenvalue weighted by Gasteiger charge is -2.10. The average molecular weight is 358 g/mol. The summed E-state index contributed by atoms with van der Waals surface area (Å²) in [6.07, 6.45) is 8.47. The van der Waals surface area contributed by atoms with Gasteiger partial charge in [-0.15, -0.1) is 0 Å². The third-order valence-corrected chi connectivity index (χ3v) is 5.56. The Hall–Kier alpha value is -3.38. The van der Waals surface area contributed by atoms with Gasteiger partial charge in [-0.3, -0.25) is 0 Å². The maximum atomic E-state index is 2.35. The highest BCUT2D eigenvalue weighted by Gasteiger charge is 2.06. The Balaban J connectivity index is 1.80. The van der Waals surface area contributed by atoms with Crippen molar-refractivity contribution in [3.8, 4) is 0 Å². The molecule has 5 aromatic carbocycles. The minimum absolute atomic E-state index is 1.25. The Morgan fingerprint density at radius 3 is 1.21 bits per heavy atom. The van der Waals surface area contributed by atoms with Gasteiger partial charge < -0.3 is 0 Å². The lowest BCUT2D eigenvalue weighted by atomic mass is 9.94. The number of hydrogen-bond acceptors (Lipinski definition) is 0. The van der Waals surface area contributed by atoms with E-state index < -0.39 is 0 Å². The molecule has 5 aromatic rings. The number of benzene rings is 5. The van der Waals surface area contributed by atoms with E-state index in [0.29, 0.717) is 0 Å². The molecule has 0 aliphatic carbocycles. The minimum Gasteiger partial charge on any atom is -0.0871 e. The van der Waals surface area contributed by atoms with Gasteiger partial charge in [-0.25, -0.2) is 0 Å². The van der Waals surface area contributed by atoms with Gasteiger partial charge in [-0.05, 0) is 92.3 Å². The van der Waals surface area contributed by atoms with Crippen LogP contribution in [-0.2, 0) is 0 Å². The predicted octanol–water partition coefficient (Wildman–Crippen LogP) is 8.37. The summed E-state index contributed by atoms with van der Waals surface area (Å²) < 4.78 is 0. The summed E-state index contributed by atoms with van der Waals surface area (Å²) in [5, 5.41) is 10.4. The van der Waals surface area contributed by atoms with Crippen LogP contribution in [0.5, 0.6) is 0 Å². The van der Waals surface area contributed by atoms with Crippen molar-refractivity contribution in [1.29, 1.82) is 0 Å². The highest BCUT2D eigenvalue weighted by molar-refractivity contribution is 6.17. The summed E-state index contributed by atoms with van der Waals surface area (Å²) in [5.74, 6) is 0. The first-order valence-electron chi connectivity index (χ1n) is 9.85. The van der Waals surface area contributed by atoms with Crippen LogP contribution in [0.2, 0.25) is 0 Å². The molecule has 28 heavy (non-hydrogen) atoms. The van der Waals surface area contributed by atoms with Crippen LogP contribution in [0.1, 0.15) is 25.0 Å². The zero-order valence-corrected chi connectivity index (χ0v) is 16.2. The van der Waals surface area contributed by atoms with Crippen molar-refractivity contribution in [2.24, 2.45) is 0 Å². The molecule has 0 heteroatoms. The summed E-state index contributed by atoms with van der Waals surface area (Å²) in [6.45, 7) is 4.12. The molecule has 0 saturated heterocycles. The van der Waals surface area contributed by atoms with Crippen molar-refractivity contribution in [2.75, 3.05) is 0 Å². The molecule has 0 heterocycles. The van der Waals surface area contributed by atoms with E-state index in [1.54, 1.807) is 0 Å². The van der Waals surface area contributed by atoms with Crippen LogP contribution in [0.25, 0.3) is 55.2 Å². The molecular formula is C28H22. The van der Waals surface area contributed by atoms with E-state index in [0.717, 1.165) is 0 Å². The summed E-state index contributed by atoms with van der Waals surface area (Å²) in [6, 6.07) is 27.1. The van der Waals surface area contributed by atoms with Gasteiger partial charge in [0.15, 0.2) is 0 Å². The molecule has 0 radical (unpaired) electrons. The van der Waals surface area contributed by atoms with Crippen molar-refractivity contribution in [2.45, 2.75) is 13.8 Å². The van der Waals surface area contributed by atoms with Crippen molar-refractivity contribution >= 4 is 55.2 Å². The van der Waals surface area contributed by atoms with Gasteiger partial charge in [0.1, 0.15) is 0 Å². The van der Waals surface area contributed by atoms with Crippen LogP contribution in [-0.4, -0.2) is 0 Å². The lowest BCUT2D eigenvalue weighted by Crippen LogP contribution is -1.83. The number of hydrogen-bond donors (Lipinski definition) is 0. The molecule has 0 aromatic heterocycles. The van der Waals surface area contributed by atoms with Crippen molar-refractivity contribution in [3.05, 3.63) is 96.1 Å². The van der Waals surface area contributed by atoms with E-state index in [1.165, 1.54) is 54.2 Å². The smallest absolute Gasteiger partial charge is 0.00990 e. The van der Waals surface area contributed by atoms with Crippen molar-refractivity contribution in [3.63, 3.8) is 0 Å². The molecule has 0 aliphatic heterocycles.